The minimum Gasteiger partial charge on any atom is -0.351 e. The Bertz CT molecular complexity index is 536. The van der Waals surface area contributed by atoms with Crippen LogP contribution >= 0.6 is 11.6 Å². The van der Waals surface area contributed by atoms with Crippen LogP contribution in [0.2, 0.25) is 5.15 Å². The number of aromatic nitrogens is 1. The van der Waals surface area contributed by atoms with E-state index in [-0.39, 0.29) is 5.91 Å². The van der Waals surface area contributed by atoms with Gasteiger partial charge in [-0.3, -0.25) is 4.79 Å². The third-order valence-electron chi connectivity index (χ3n) is 5.79. The van der Waals surface area contributed by atoms with Crippen molar-refractivity contribution in [3.05, 3.63) is 29.0 Å². The van der Waals surface area contributed by atoms with Crippen molar-refractivity contribution >= 4 is 17.5 Å². The van der Waals surface area contributed by atoms with Crippen molar-refractivity contribution in [2.45, 2.75) is 38.5 Å². The summed E-state index contributed by atoms with van der Waals surface area (Å²) in [6, 6.07) is 3.50. The number of halogens is 1. The standard InChI is InChI=1S/C17H21ClN2O/c18-15-14(2-1-3-19-15)16(21)20-10-17-7-11-4-12(8-17)6-13(5-11)9-17/h1-3,11-13H,4-10H2,(H,20,21). The Hall–Kier alpha value is -1.09. The fraction of sp³-hybridized carbons (Fsp3) is 0.647. The van der Waals surface area contributed by atoms with Crippen molar-refractivity contribution in [2.75, 3.05) is 6.54 Å². The fourth-order valence-corrected chi connectivity index (χ4v) is 5.63. The zero-order chi connectivity index (χ0) is 14.4. The molecule has 1 aromatic rings. The average molecular weight is 305 g/mol. The molecule has 0 radical (unpaired) electrons. The highest BCUT2D eigenvalue weighted by Crippen LogP contribution is 2.59. The van der Waals surface area contributed by atoms with E-state index < -0.39 is 0 Å². The number of pyridine rings is 1. The first-order valence-corrected chi connectivity index (χ1v) is 8.40. The van der Waals surface area contributed by atoms with Crippen LogP contribution in [0.15, 0.2) is 18.3 Å². The van der Waals surface area contributed by atoms with Gasteiger partial charge in [0, 0.05) is 12.7 Å². The normalized spacial score (nSPS) is 36.7. The van der Waals surface area contributed by atoms with Crippen molar-refractivity contribution < 1.29 is 4.79 Å². The van der Waals surface area contributed by atoms with Gasteiger partial charge < -0.3 is 5.32 Å². The summed E-state index contributed by atoms with van der Waals surface area (Å²) in [7, 11) is 0. The summed E-state index contributed by atoms with van der Waals surface area (Å²) in [5.74, 6) is 2.66. The third kappa shape index (κ3) is 2.46. The number of nitrogens with one attached hydrogen (secondary N) is 1. The van der Waals surface area contributed by atoms with Crippen LogP contribution in [-0.2, 0) is 0 Å². The molecule has 1 heterocycles. The summed E-state index contributed by atoms with van der Waals surface area (Å²) in [5.41, 5.74) is 0.850. The summed E-state index contributed by atoms with van der Waals surface area (Å²) in [6.45, 7) is 0.806. The maximum absolute atomic E-state index is 12.3. The van der Waals surface area contributed by atoms with Gasteiger partial charge in [-0.05, 0) is 73.8 Å². The summed E-state index contributed by atoms with van der Waals surface area (Å²) in [5, 5.41) is 3.43. The van der Waals surface area contributed by atoms with E-state index in [2.05, 4.69) is 10.3 Å². The summed E-state index contributed by atoms with van der Waals surface area (Å²) < 4.78 is 0. The van der Waals surface area contributed by atoms with Crippen molar-refractivity contribution in [2.24, 2.45) is 23.2 Å². The van der Waals surface area contributed by atoms with E-state index in [0.29, 0.717) is 16.1 Å². The highest BCUT2D eigenvalue weighted by Gasteiger charge is 2.50. The molecule has 4 saturated carbocycles. The first-order chi connectivity index (χ1) is 10.1. The van der Waals surface area contributed by atoms with Gasteiger partial charge in [-0.25, -0.2) is 4.98 Å². The molecule has 0 atom stereocenters. The minimum absolute atomic E-state index is 0.0798. The van der Waals surface area contributed by atoms with Crippen molar-refractivity contribution in [3.63, 3.8) is 0 Å². The molecule has 5 rings (SSSR count). The number of hydrogen-bond acceptors (Lipinski definition) is 2. The Morgan fingerprint density at radius 2 is 1.86 bits per heavy atom. The van der Waals surface area contributed by atoms with Gasteiger partial charge in [0.05, 0.1) is 5.56 Å². The predicted molar refractivity (Wildman–Crippen MR) is 82.2 cm³/mol. The first kappa shape index (κ1) is 13.6. The number of carbonyl (C=O) groups excluding carboxylic acids is 1. The molecule has 4 heteroatoms. The number of hydrogen-bond donors (Lipinski definition) is 1. The highest BCUT2D eigenvalue weighted by molar-refractivity contribution is 6.32. The molecule has 0 aromatic carbocycles. The Balaban J connectivity index is 1.45. The number of rotatable bonds is 3. The quantitative estimate of drug-likeness (QED) is 0.866. The van der Waals surface area contributed by atoms with E-state index in [0.717, 1.165) is 24.3 Å². The van der Waals surface area contributed by atoms with E-state index in [9.17, 15) is 4.79 Å². The summed E-state index contributed by atoms with van der Waals surface area (Å²) in [6.07, 6.45) is 9.82. The van der Waals surface area contributed by atoms with Crippen LogP contribution < -0.4 is 5.32 Å². The lowest BCUT2D eigenvalue weighted by molar-refractivity contribution is -0.0503. The number of carbonyl (C=O) groups is 1. The molecule has 0 aliphatic heterocycles. The molecule has 3 nitrogen and oxygen atoms in total. The van der Waals surface area contributed by atoms with E-state index in [1.807, 2.05) is 0 Å². The van der Waals surface area contributed by atoms with Crippen LogP contribution in [0.5, 0.6) is 0 Å². The van der Waals surface area contributed by atoms with Gasteiger partial charge in [0.25, 0.3) is 5.91 Å². The van der Waals surface area contributed by atoms with Crippen molar-refractivity contribution in [3.8, 4) is 0 Å². The van der Waals surface area contributed by atoms with Crippen LogP contribution in [0, 0.1) is 23.2 Å². The van der Waals surface area contributed by atoms with Gasteiger partial charge in [-0.15, -0.1) is 0 Å². The van der Waals surface area contributed by atoms with Crippen molar-refractivity contribution in [1.29, 1.82) is 0 Å². The molecule has 4 aliphatic carbocycles. The smallest absolute Gasteiger partial charge is 0.254 e. The van der Waals surface area contributed by atoms with Gasteiger partial charge in [0.2, 0.25) is 0 Å². The lowest BCUT2D eigenvalue weighted by atomic mass is 9.49. The van der Waals surface area contributed by atoms with Gasteiger partial charge in [-0.1, -0.05) is 11.6 Å². The van der Waals surface area contributed by atoms with Gasteiger partial charge >= 0.3 is 0 Å². The highest BCUT2D eigenvalue weighted by atomic mass is 35.5. The van der Waals surface area contributed by atoms with Gasteiger partial charge in [-0.2, -0.15) is 0 Å². The molecule has 1 aromatic heterocycles. The number of amides is 1. The van der Waals surface area contributed by atoms with E-state index >= 15 is 0 Å². The Morgan fingerprint density at radius 3 is 2.43 bits per heavy atom. The monoisotopic (exact) mass is 304 g/mol. The van der Waals surface area contributed by atoms with Crippen LogP contribution in [0.1, 0.15) is 48.9 Å². The number of nitrogens with zero attached hydrogens (tertiary/aromatic N) is 1. The second kappa shape index (κ2) is 4.98. The van der Waals surface area contributed by atoms with Crippen LogP contribution in [0.3, 0.4) is 0 Å². The molecule has 112 valence electrons. The second-order valence-electron chi connectivity index (χ2n) is 7.44. The Morgan fingerprint density at radius 1 is 1.24 bits per heavy atom. The molecular formula is C17H21ClN2O. The second-order valence-corrected chi connectivity index (χ2v) is 7.80. The fourth-order valence-electron chi connectivity index (χ4n) is 5.42. The van der Waals surface area contributed by atoms with Crippen LogP contribution in [-0.4, -0.2) is 17.4 Å². The van der Waals surface area contributed by atoms with E-state index in [1.165, 1.54) is 38.5 Å². The molecule has 21 heavy (non-hydrogen) atoms. The van der Waals surface area contributed by atoms with Crippen molar-refractivity contribution in [1.82, 2.24) is 10.3 Å². The van der Waals surface area contributed by atoms with E-state index in [1.54, 1.807) is 18.3 Å². The topological polar surface area (TPSA) is 42.0 Å². The van der Waals surface area contributed by atoms with Crippen LogP contribution in [0.25, 0.3) is 0 Å². The summed E-state index contributed by atoms with van der Waals surface area (Å²) in [4.78, 5) is 16.3. The summed E-state index contributed by atoms with van der Waals surface area (Å²) >= 11 is 6.00. The predicted octanol–water partition coefficient (Wildman–Crippen LogP) is 3.68. The van der Waals surface area contributed by atoms with Gasteiger partial charge in [0.1, 0.15) is 5.15 Å². The van der Waals surface area contributed by atoms with Crippen LogP contribution in [0.4, 0.5) is 0 Å². The van der Waals surface area contributed by atoms with E-state index in [4.69, 9.17) is 11.6 Å². The molecule has 4 aliphatic rings. The zero-order valence-electron chi connectivity index (χ0n) is 12.1. The molecule has 0 unspecified atom stereocenters. The molecule has 4 bridgehead atoms. The first-order valence-electron chi connectivity index (χ1n) is 8.02. The third-order valence-corrected chi connectivity index (χ3v) is 6.09. The maximum Gasteiger partial charge on any atom is 0.254 e. The Labute approximate surface area is 130 Å². The largest absolute Gasteiger partial charge is 0.351 e. The molecular weight excluding hydrogens is 284 g/mol. The molecule has 0 saturated heterocycles. The average Bonchev–Trinajstić information content (AvgIpc) is 2.44. The Kier molecular flexibility index (Phi) is 3.21. The lowest BCUT2D eigenvalue weighted by Gasteiger charge is -2.56. The molecule has 1 amide bonds. The zero-order valence-corrected chi connectivity index (χ0v) is 12.9. The molecule has 0 spiro atoms. The minimum atomic E-state index is -0.0798. The molecule has 1 N–H and O–H groups in total. The molecule has 4 fully saturated rings. The lowest BCUT2D eigenvalue weighted by Crippen LogP contribution is -2.51. The van der Waals surface area contributed by atoms with Gasteiger partial charge in [0.15, 0.2) is 0 Å². The SMILES string of the molecule is O=C(NCC12CC3CC(CC(C3)C1)C2)c1cccnc1Cl. The maximum atomic E-state index is 12.3.